The number of phenols is 1. The molecule has 0 fully saturated rings. The molecule has 2 aromatic carbocycles. The fraction of sp³-hybridized carbons (Fsp3) is 0.154. The molecule has 2 aliphatic rings. The number of phenolic OH excluding ortho intramolecular Hbond substituents is 1. The minimum Gasteiger partial charge on any atom is -0.508 e. The molecular weight excluding hydrogens is 456 g/mol. The Morgan fingerprint density at radius 2 is 1.46 bits per heavy atom. The van der Waals surface area contributed by atoms with Crippen LogP contribution in [0.5, 0.6) is 5.75 Å². The van der Waals surface area contributed by atoms with E-state index >= 15 is 0 Å². The van der Waals surface area contributed by atoms with E-state index in [2.05, 4.69) is 0 Å². The van der Waals surface area contributed by atoms with Gasteiger partial charge >= 0.3 is 17.9 Å². The highest BCUT2D eigenvalue weighted by atomic mass is 16.4. The van der Waals surface area contributed by atoms with E-state index in [-0.39, 0.29) is 53.9 Å². The number of aliphatic carboxylic acids is 2. The van der Waals surface area contributed by atoms with E-state index in [1.807, 2.05) is 0 Å². The SMILES string of the molecule is O=C(O)CCc1cc2c(-c3ccccc3C(=O)O)c3cc(CCC(=O)O)c(=O)cc-3oc2cc1O. The predicted molar refractivity (Wildman–Crippen MR) is 125 cm³/mol. The van der Waals surface area contributed by atoms with Crippen LogP contribution in [0.25, 0.3) is 33.4 Å². The standard InChI is InChI=1S/C26H20O9/c27-19-11-21-17(9-13(19)5-7-23(29)30)25(15-3-1-2-4-16(15)26(33)34)18-10-14(6-8-24(31)32)20(28)12-22(18)35-21/h1-4,9-12,27H,5-8H2,(H,29,30)(H,31,32)(H,33,34). The summed E-state index contributed by atoms with van der Waals surface area (Å²) in [6.45, 7) is 0. The average molecular weight is 476 g/mol. The van der Waals surface area contributed by atoms with Gasteiger partial charge in [0.1, 0.15) is 17.1 Å². The highest BCUT2D eigenvalue weighted by Gasteiger charge is 2.24. The number of rotatable bonds is 8. The van der Waals surface area contributed by atoms with Crippen LogP contribution in [0, 0.1) is 0 Å². The molecule has 0 bridgehead atoms. The number of aromatic carboxylic acids is 1. The van der Waals surface area contributed by atoms with Crippen molar-refractivity contribution < 1.29 is 39.2 Å². The molecule has 0 aromatic heterocycles. The van der Waals surface area contributed by atoms with Crippen molar-refractivity contribution >= 4 is 28.9 Å². The fourth-order valence-electron chi connectivity index (χ4n) is 4.10. The van der Waals surface area contributed by atoms with Gasteiger partial charge in [-0.2, -0.15) is 0 Å². The highest BCUT2D eigenvalue weighted by Crippen LogP contribution is 2.43. The topological polar surface area (TPSA) is 162 Å². The number of aromatic hydroxyl groups is 1. The van der Waals surface area contributed by atoms with Crippen LogP contribution in [0.2, 0.25) is 0 Å². The molecule has 0 saturated heterocycles. The quantitative estimate of drug-likeness (QED) is 0.275. The largest absolute Gasteiger partial charge is 0.508 e. The summed E-state index contributed by atoms with van der Waals surface area (Å²) in [4.78, 5) is 46.8. The monoisotopic (exact) mass is 476 g/mol. The summed E-state index contributed by atoms with van der Waals surface area (Å²) < 4.78 is 5.89. The Hall–Kier alpha value is -4.66. The lowest BCUT2D eigenvalue weighted by Gasteiger charge is -2.18. The number of carboxylic acids is 3. The van der Waals surface area contributed by atoms with Gasteiger partial charge in [0.25, 0.3) is 0 Å². The van der Waals surface area contributed by atoms with Crippen molar-refractivity contribution in [1.29, 1.82) is 0 Å². The highest BCUT2D eigenvalue weighted by molar-refractivity contribution is 6.07. The molecular formula is C26H20O9. The molecule has 9 heteroatoms. The number of carbonyl (C=O) groups is 3. The molecule has 0 spiro atoms. The van der Waals surface area contributed by atoms with Gasteiger partial charge in [0.2, 0.25) is 0 Å². The van der Waals surface area contributed by atoms with Gasteiger partial charge < -0.3 is 24.8 Å². The van der Waals surface area contributed by atoms with Gasteiger partial charge in [-0.3, -0.25) is 14.4 Å². The van der Waals surface area contributed by atoms with Gasteiger partial charge in [-0.15, -0.1) is 0 Å². The maximum atomic E-state index is 12.6. The number of benzene rings is 3. The van der Waals surface area contributed by atoms with Crippen LogP contribution in [0.15, 0.2) is 57.7 Å². The lowest BCUT2D eigenvalue weighted by Crippen LogP contribution is -2.11. The van der Waals surface area contributed by atoms with Crippen LogP contribution in [-0.4, -0.2) is 38.3 Å². The van der Waals surface area contributed by atoms with E-state index in [4.69, 9.17) is 14.6 Å². The Morgan fingerprint density at radius 3 is 2.11 bits per heavy atom. The van der Waals surface area contributed by atoms with Crippen LogP contribution in [0.4, 0.5) is 0 Å². The van der Waals surface area contributed by atoms with E-state index < -0.39 is 23.3 Å². The Morgan fingerprint density at radius 1 is 0.800 bits per heavy atom. The summed E-state index contributed by atoms with van der Waals surface area (Å²) in [7, 11) is 0. The van der Waals surface area contributed by atoms with Gasteiger partial charge in [0, 0.05) is 47.1 Å². The van der Waals surface area contributed by atoms with Crippen molar-refractivity contribution in [2.75, 3.05) is 0 Å². The molecule has 0 amide bonds. The summed E-state index contributed by atoms with van der Waals surface area (Å²) in [6, 6.07) is 11.8. The molecule has 1 aliphatic carbocycles. The molecule has 0 radical (unpaired) electrons. The number of carboxylic acid groups (broad SMARTS) is 3. The van der Waals surface area contributed by atoms with E-state index in [9.17, 15) is 29.4 Å². The number of hydrogen-bond acceptors (Lipinski definition) is 6. The lowest BCUT2D eigenvalue weighted by atomic mass is 9.88. The molecule has 9 nitrogen and oxygen atoms in total. The Labute approximate surface area is 197 Å². The maximum Gasteiger partial charge on any atom is 0.336 e. The third-order valence-corrected chi connectivity index (χ3v) is 5.75. The van der Waals surface area contributed by atoms with Crippen molar-refractivity contribution in [1.82, 2.24) is 0 Å². The van der Waals surface area contributed by atoms with Crippen LogP contribution in [0.1, 0.15) is 34.3 Å². The van der Waals surface area contributed by atoms with E-state index in [1.165, 1.54) is 24.3 Å². The van der Waals surface area contributed by atoms with Crippen LogP contribution < -0.4 is 5.43 Å². The summed E-state index contributed by atoms with van der Waals surface area (Å²) in [5, 5.41) is 38.8. The lowest BCUT2D eigenvalue weighted by molar-refractivity contribution is -0.138. The second-order valence-electron chi connectivity index (χ2n) is 8.05. The first kappa shape index (κ1) is 23.5. The molecule has 0 atom stereocenters. The van der Waals surface area contributed by atoms with Gasteiger partial charge in [-0.25, -0.2) is 4.79 Å². The second kappa shape index (κ2) is 9.30. The maximum absolute atomic E-state index is 12.6. The van der Waals surface area contributed by atoms with Crippen LogP contribution in [0.3, 0.4) is 0 Å². The molecule has 0 saturated carbocycles. The number of hydrogen-bond donors (Lipinski definition) is 4. The molecule has 2 aromatic rings. The Kier molecular flexibility index (Phi) is 6.24. The second-order valence-corrected chi connectivity index (χ2v) is 8.05. The molecule has 1 heterocycles. The minimum atomic E-state index is -1.18. The predicted octanol–water partition coefficient (Wildman–Crippen LogP) is 4.00. The molecule has 0 unspecified atom stereocenters. The first-order valence-corrected chi connectivity index (χ1v) is 10.7. The summed E-state index contributed by atoms with van der Waals surface area (Å²) >= 11 is 0. The number of fused-ring (bicyclic) bond motifs is 2. The Balaban J connectivity index is 2.10. The van der Waals surface area contributed by atoms with E-state index in [0.29, 0.717) is 27.6 Å². The van der Waals surface area contributed by atoms with E-state index in [0.717, 1.165) is 0 Å². The van der Waals surface area contributed by atoms with Crippen LogP contribution >= 0.6 is 0 Å². The number of aryl methyl sites for hydroxylation is 2. The molecule has 4 rings (SSSR count). The van der Waals surface area contributed by atoms with Gasteiger partial charge in [0.05, 0.1) is 5.56 Å². The normalized spacial score (nSPS) is 11.1. The third-order valence-electron chi connectivity index (χ3n) is 5.75. The molecule has 4 N–H and O–H groups in total. The van der Waals surface area contributed by atoms with Crippen molar-refractivity contribution in [2.45, 2.75) is 25.7 Å². The first-order valence-electron chi connectivity index (χ1n) is 10.7. The van der Waals surface area contributed by atoms with E-state index in [1.54, 1.807) is 24.3 Å². The average Bonchev–Trinajstić information content (AvgIpc) is 2.80. The smallest absolute Gasteiger partial charge is 0.336 e. The van der Waals surface area contributed by atoms with Crippen molar-refractivity contribution in [2.24, 2.45) is 0 Å². The molecule has 1 aliphatic heterocycles. The van der Waals surface area contributed by atoms with Crippen molar-refractivity contribution in [3.8, 4) is 28.2 Å². The van der Waals surface area contributed by atoms with Crippen molar-refractivity contribution in [3.05, 3.63) is 75.4 Å². The van der Waals surface area contributed by atoms with Crippen LogP contribution in [-0.2, 0) is 22.4 Å². The molecule has 35 heavy (non-hydrogen) atoms. The Bertz CT molecular complexity index is 1510. The van der Waals surface area contributed by atoms with Gasteiger partial charge in [-0.05, 0) is 42.2 Å². The zero-order chi connectivity index (χ0) is 25.3. The van der Waals surface area contributed by atoms with Gasteiger partial charge in [-0.1, -0.05) is 18.2 Å². The summed E-state index contributed by atoms with van der Waals surface area (Å²) in [5.41, 5.74) is 1.41. The molecule has 178 valence electrons. The minimum absolute atomic E-state index is 0.0141. The first-order chi connectivity index (χ1) is 16.7. The third kappa shape index (κ3) is 4.70. The zero-order valence-electron chi connectivity index (χ0n) is 18.3. The van der Waals surface area contributed by atoms with Crippen molar-refractivity contribution in [3.63, 3.8) is 0 Å². The summed E-state index contributed by atoms with van der Waals surface area (Å²) in [5.74, 6) is -3.36. The fourth-order valence-corrected chi connectivity index (χ4v) is 4.10. The summed E-state index contributed by atoms with van der Waals surface area (Å²) in [6.07, 6.45) is -0.496. The zero-order valence-corrected chi connectivity index (χ0v) is 18.3. The van der Waals surface area contributed by atoms with Gasteiger partial charge in [0.15, 0.2) is 5.43 Å².